The van der Waals surface area contributed by atoms with Gasteiger partial charge in [-0.1, -0.05) is 30.9 Å². The second-order valence-electron chi connectivity index (χ2n) is 5.18. The van der Waals surface area contributed by atoms with Crippen LogP contribution >= 0.6 is 0 Å². The van der Waals surface area contributed by atoms with Crippen molar-refractivity contribution in [3.8, 4) is 0 Å². The number of rotatable bonds is 3. The Bertz CT molecular complexity index is 452. The van der Waals surface area contributed by atoms with Gasteiger partial charge in [-0.3, -0.25) is 0 Å². The van der Waals surface area contributed by atoms with Gasteiger partial charge in [-0.15, -0.1) is 0 Å². The minimum Gasteiger partial charge on any atom is -0.414 e. The molecule has 0 heterocycles. The largest absolute Gasteiger partial charge is 0.414 e. The van der Waals surface area contributed by atoms with Crippen molar-refractivity contribution >= 4 is 27.1 Å². The molecule has 2 rings (SSSR count). The Morgan fingerprint density at radius 1 is 1.19 bits per heavy atom. The molecule has 0 saturated carbocycles. The van der Waals surface area contributed by atoms with Gasteiger partial charge >= 0.3 is 0 Å². The molecule has 1 nitrogen and oxygen atoms in total. The molecule has 0 unspecified atom stereocenters. The van der Waals surface area contributed by atoms with E-state index in [0.29, 0.717) is 0 Å². The van der Waals surface area contributed by atoms with Crippen LogP contribution in [0.5, 0.6) is 0 Å². The standard InChI is InChI=1S/C14H18OSi/c1-10(16-15-14(2,3)4)12-7-5-11-6-8-13(11)9-12/h5-9H,1,16H2,2-4H3. The Labute approximate surface area is 99.8 Å². The molecule has 0 saturated heterocycles. The molecular formula is C14H18OSi. The summed E-state index contributed by atoms with van der Waals surface area (Å²) in [6.07, 6.45) is 4.27. The molecule has 16 heavy (non-hydrogen) atoms. The van der Waals surface area contributed by atoms with E-state index in [1.54, 1.807) is 0 Å². The van der Waals surface area contributed by atoms with Crippen LogP contribution in [0.4, 0.5) is 0 Å². The van der Waals surface area contributed by atoms with E-state index in [0.717, 1.165) is 0 Å². The zero-order valence-electron chi connectivity index (χ0n) is 10.2. The molecule has 0 radical (unpaired) electrons. The highest BCUT2D eigenvalue weighted by molar-refractivity contribution is 6.54. The van der Waals surface area contributed by atoms with Gasteiger partial charge in [0, 0.05) is 5.60 Å². The van der Waals surface area contributed by atoms with Gasteiger partial charge < -0.3 is 4.43 Å². The van der Waals surface area contributed by atoms with E-state index in [1.807, 2.05) is 0 Å². The number of fused-ring (bicyclic) bond motifs is 1. The summed E-state index contributed by atoms with van der Waals surface area (Å²) in [6, 6.07) is 6.50. The van der Waals surface area contributed by atoms with Crippen LogP contribution in [0.3, 0.4) is 0 Å². The second kappa shape index (κ2) is 4.04. The summed E-state index contributed by atoms with van der Waals surface area (Å²) in [5, 5.41) is 1.18. The predicted molar refractivity (Wildman–Crippen MR) is 73.8 cm³/mol. The van der Waals surface area contributed by atoms with Gasteiger partial charge in [-0.05, 0) is 48.7 Å². The molecule has 0 spiro atoms. The summed E-state index contributed by atoms with van der Waals surface area (Å²) >= 11 is 0. The van der Waals surface area contributed by atoms with Crippen molar-refractivity contribution in [3.63, 3.8) is 0 Å². The monoisotopic (exact) mass is 230 g/mol. The molecule has 84 valence electrons. The molecule has 0 aromatic heterocycles. The van der Waals surface area contributed by atoms with Crippen LogP contribution in [0.2, 0.25) is 0 Å². The van der Waals surface area contributed by atoms with E-state index in [1.165, 1.54) is 21.9 Å². The maximum Gasteiger partial charge on any atom is 0.192 e. The molecule has 0 aliphatic heterocycles. The lowest BCUT2D eigenvalue weighted by molar-refractivity contribution is 0.142. The fourth-order valence-electron chi connectivity index (χ4n) is 1.56. The third-order valence-corrected chi connectivity index (χ3v) is 4.38. The molecule has 0 amide bonds. The summed E-state index contributed by atoms with van der Waals surface area (Å²) in [4.78, 5) is 0. The minimum atomic E-state index is -0.689. The average molecular weight is 230 g/mol. The van der Waals surface area contributed by atoms with Crippen LogP contribution in [0.25, 0.3) is 17.3 Å². The van der Waals surface area contributed by atoms with Gasteiger partial charge in [0.2, 0.25) is 0 Å². The lowest BCUT2D eigenvalue weighted by Crippen LogP contribution is -2.22. The first-order valence-corrected chi connectivity index (χ1v) is 6.88. The second-order valence-corrected chi connectivity index (χ2v) is 6.61. The fraction of sp³-hybridized carbons (Fsp3) is 0.286. The van der Waals surface area contributed by atoms with Crippen molar-refractivity contribution < 1.29 is 4.43 Å². The van der Waals surface area contributed by atoms with Crippen molar-refractivity contribution in [2.75, 3.05) is 0 Å². The molecule has 1 aliphatic rings. The lowest BCUT2D eigenvalue weighted by Gasteiger charge is -2.21. The molecule has 1 aromatic rings. The topological polar surface area (TPSA) is 9.23 Å². The molecule has 0 fully saturated rings. The maximum absolute atomic E-state index is 5.85. The molecule has 0 N–H and O–H groups in total. The van der Waals surface area contributed by atoms with E-state index in [2.05, 4.69) is 57.7 Å². The van der Waals surface area contributed by atoms with E-state index in [9.17, 15) is 0 Å². The molecule has 1 aromatic carbocycles. The zero-order chi connectivity index (χ0) is 11.8. The highest BCUT2D eigenvalue weighted by Gasteiger charge is 2.12. The maximum atomic E-state index is 5.85. The lowest BCUT2D eigenvalue weighted by atomic mass is 9.96. The van der Waals surface area contributed by atoms with Gasteiger partial charge in [0.25, 0.3) is 0 Å². The van der Waals surface area contributed by atoms with E-state index in [4.69, 9.17) is 4.43 Å². The quantitative estimate of drug-likeness (QED) is 0.736. The Morgan fingerprint density at radius 2 is 1.88 bits per heavy atom. The van der Waals surface area contributed by atoms with Gasteiger partial charge in [-0.2, -0.15) is 0 Å². The van der Waals surface area contributed by atoms with Gasteiger partial charge in [0.05, 0.1) is 0 Å². The SMILES string of the molecule is C=C([SiH2]OC(C)(C)C)c1ccc2c(c1)C=C2. The molecule has 1 aliphatic carbocycles. The Kier molecular flexibility index (Phi) is 2.87. The van der Waals surface area contributed by atoms with Crippen molar-refractivity contribution in [2.24, 2.45) is 0 Å². The van der Waals surface area contributed by atoms with Gasteiger partial charge in [0.1, 0.15) is 0 Å². The third kappa shape index (κ3) is 2.51. The van der Waals surface area contributed by atoms with Crippen LogP contribution < -0.4 is 0 Å². The Morgan fingerprint density at radius 3 is 2.38 bits per heavy atom. The smallest absolute Gasteiger partial charge is 0.192 e. The fourth-order valence-corrected chi connectivity index (χ4v) is 2.55. The first-order chi connectivity index (χ1) is 7.46. The summed E-state index contributed by atoms with van der Waals surface area (Å²) < 4.78 is 5.85. The molecule has 0 bridgehead atoms. The molecule has 2 heteroatoms. The summed E-state index contributed by atoms with van der Waals surface area (Å²) in [6.45, 7) is 10.4. The third-order valence-electron chi connectivity index (χ3n) is 2.62. The van der Waals surface area contributed by atoms with E-state index in [-0.39, 0.29) is 5.60 Å². The van der Waals surface area contributed by atoms with Gasteiger partial charge in [-0.25, -0.2) is 0 Å². The summed E-state index contributed by atoms with van der Waals surface area (Å²) in [5.74, 6) is 0. The average Bonchev–Trinajstić information content (AvgIpc) is 2.15. The van der Waals surface area contributed by atoms with Crippen molar-refractivity contribution in [1.82, 2.24) is 0 Å². The zero-order valence-corrected chi connectivity index (χ0v) is 11.6. The summed E-state index contributed by atoms with van der Waals surface area (Å²) in [7, 11) is -0.689. The summed E-state index contributed by atoms with van der Waals surface area (Å²) in [5.41, 5.74) is 3.84. The molecular weight excluding hydrogens is 212 g/mol. The first kappa shape index (κ1) is 11.4. The number of hydrogen-bond donors (Lipinski definition) is 0. The van der Waals surface area contributed by atoms with Crippen molar-refractivity contribution in [3.05, 3.63) is 41.5 Å². The number of hydrogen-bond acceptors (Lipinski definition) is 1. The normalized spacial score (nSPS) is 13.9. The van der Waals surface area contributed by atoms with E-state index < -0.39 is 9.76 Å². The van der Waals surface area contributed by atoms with Crippen molar-refractivity contribution in [1.29, 1.82) is 0 Å². The van der Waals surface area contributed by atoms with Crippen molar-refractivity contribution in [2.45, 2.75) is 26.4 Å². The Hall–Kier alpha value is -1.12. The highest BCUT2D eigenvalue weighted by atomic mass is 28.2. The van der Waals surface area contributed by atoms with Crippen LogP contribution in [0.1, 0.15) is 37.5 Å². The molecule has 0 atom stereocenters. The van der Waals surface area contributed by atoms with Crippen LogP contribution in [-0.4, -0.2) is 15.4 Å². The number of benzene rings is 1. The predicted octanol–water partition coefficient (Wildman–Crippen LogP) is 3.04. The van der Waals surface area contributed by atoms with Crippen LogP contribution in [-0.2, 0) is 4.43 Å². The van der Waals surface area contributed by atoms with E-state index >= 15 is 0 Å². The van der Waals surface area contributed by atoms with Gasteiger partial charge in [0.15, 0.2) is 9.76 Å². The highest BCUT2D eigenvalue weighted by Crippen LogP contribution is 2.26. The Balaban J connectivity index is 2.02. The minimum absolute atomic E-state index is 0.0467. The van der Waals surface area contributed by atoms with Crippen LogP contribution in [0, 0.1) is 0 Å². The van der Waals surface area contributed by atoms with Crippen LogP contribution in [0.15, 0.2) is 24.8 Å². The first-order valence-electron chi connectivity index (χ1n) is 5.60.